The van der Waals surface area contributed by atoms with Crippen LogP contribution < -0.4 is 10.0 Å². The zero-order valence-electron chi connectivity index (χ0n) is 12.1. The molecule has 0 heterocycles. The summed E-state index contributed by atoms with van der Waals surface area (Å²) >= 11 is 3.29. The number of anilines is 1. The van der Waals surface area contributed by atoms with Gasteiger partial charge in [-0.25, -0.2) is 8.42 Å². The molecule has 0 aromatic heterocycles. The van der Waals surface area contributed by atoms with E-state index in [4.69, 9.17) is 0 Å². The first-order valence-electron chi connectivity index (χ1n) is 6.44. The van der Waals surface area contributed by atoms with Crippen LogP contribution >= 0.6 is 15.9 Å². The molecule has 7 heteroatoms. The summed E-state index contributed by atoms with van der Waals surface area (Å²) in [5, 5.41) is 2.50. The highest BCUT2D eigenvalue weighted by molar-refractivity contribution is 9.10. The molecule has 1 amide bonds. The number of carbonyl (C=O) groups excluding carboxylic acids is 1. The third kappa shape index (κ3) is 3.66. The Labute approximate surface area is 137 Å². The van der Waals surface area contributed by atoms with Crippen molar-refractivity contribution in [3.05, 3.63) is 58.1 Å². The normalized spacial score (nSPS) is 11.0. The van der Waals surface area contributed by atoms with Gasteiger partial charge in [-0.2, -0.15) is 0 Å². The number of hydrogen-bond acceptors (Lipinski definition) is 3. The van der Waals surface area contributed by atoms with Crippen molar-refractivity contribution < 1.29 is 13.2 Å². The molecule has 0 radical (unpaired) electrons. The quantitative estimate of drug-likeness (QED) is 0.853. The highest BCUT2D eigenvalue weighted by atomic mass is 79.9. The number of carbonyl (C=O) groups is 1. The average Bonchev–Trinajstić information content (AvgIpc) is 2.46. The molecule has 0 fully saturated rings. The van der Waals surface area contributed by atoms with Crippen molar-refractivity contribution in [2.45, 2.75) is 11.8 Å². The number of hydrogen-bond donors (Lipinski definition) is 2. The Kier molecular flexibility index (Phi) is 4.87. The van der Waals surface area contributed by atoms with Gasteiger partial charge in [-0.05, 0) is 42.8 Å². The molecule has 0 aliphatic carbocycles. The SMILES string of the molecule is CNC(=O)c1cc(S(=O)(=O)Nc2cccc(Br)c2)ccc1C. The fourth-order valence-electron chi connectivity index (χ4n) is 1.91. The van der Waals surface area contributed by atoms with Gasteiger partial charge in [0.15, 0.2) is 0 Å². The second-order valence-electron chi connectivity index (χ2n) is 4.67. The minimum atomic E-state index is -3.76. The van der Waals surface area contributed by atoms with Crippen molar-refractivity contribution >= 4 is 37.5 Å². The maximum absolute atomic E-state index is 12.4. The van der Waals surface area contributed by atoms with E-state index >= 15 is 0 Å². The lowest BCUT2D eigenvalue weighted by molar-refractivity contribution is 0.0962. The monoisotopic (exact) mass is 382 g/mol. The zero-order chi connectivity index (χ0) is 16.3. The molecule has 0 unspecified atom stereocenters. The Balaban J connectivity index is 2.39. The Bertz CT molecular complexity index is 819. The van der Waals surface area contributed by atoms with Crippen LogP contribution in [-0.2, 0) is 10.0 Å². The molecule has 22 heavy (non-hydrogen) atoms. The highest BCUT2D eigenvalue weighted by Gasteiger charge is 2.17. The van der Waals surface area contributed by atoms with E-state index in [-0.39, 0.29) is 10.8 Å². The van der Waals surface area contributed by atoms with Gasteiger partial charge in [-0.15, -0.1) is 0 Å². The van der Waals surface area contributed by atoms with Gasteiger partial charge in [0, 0.05) is 22.8 Å². The predicted octanol–water partition coefficient (Wildman–Crippen LogP) is 2.92. The van der Waals surface area contributed by atoms with Crippen molar-refractivity contribution in [2.75, 3.05) is 11.8 Å². The lowest BCUT2D eigenvalue weighted by atomic mass is 10.1. The molecule has 2 rings (SSSR count). The van der Waals surface area contributed by atoms with E-state index in [1.165, 1.54) is 19.2 Å². The standard InChI is InChI=1S/C15H15BrN2O3S/c1-10-6-7-13(9-14(10)15(19)17-2)22(20,21)18-12-5-3-4-11(16)8-12/h3-9,18H,1-2H3,(H,17,19). The zero-order valence-corrected chi connectivity index (χ0v) is 14.5. The Morgan fingerprint density at radius 2 is 1.86 bits per heavy atom. The fraction of sp³-hybridized carbons (Fsp3) is 0.133. The van der Waals surface area contributed by atoms with Crippen LogP contribution in [0.3, 0.4) is 0 Å². The van der Waals surface area contributed by atoms with E-state index in [2.05, 4.69) is 26.0 Å². The van der Waals surface area contributed by atoms with Crippen molar-refractivity contribution in [3.63, 3.8) is 0 Å². The summed E-state index contributed by atoms with van der Waals surface area (Å²) in [4.78, 5) is 11.8. The van der Waals surface area contributed by atoms with Gasteiger partial charge in [0.2, 0.25) is 0 Å². The molecule has 0 saturated heterocycles. The number of amides is 1. The molecule has 116 valence electrons. The summed E-state index contributed by atoms with van der Waals surface area (Å²) < 4.78 is 28.1. The third-order valence-corrected chi connectivity index (χ3v) is 4.94. The molecule has 0 spiro atoms. The minimum absolute atomic E-state index is 0.0386. The van der Waals surface area contributed by atoms with Crippen LogP contribution in [0, 0.1) is 6.92 Å². The average molecular weight is 383 g/mol. The van der Waals surface area contributed by atoms with Gasteiger partial charge in [0.25, 0.3) is 15.9 Å². The minimum Gasteiger partial charge on any atom is -0.355 e. The van der Waals surface area contributed by atoms with Crippen LogP contribution in [0.4, 0.5) is 5.69 Å². The molecule has 5 nitrogen and oxygen atoms in total. The number of halogens is 1. The number of benzene rings is 2. The van der Waals surface area contributed by atoms with Gasteiger partial charge >= 0.3 is 0 Å². The lowest BCUT2D eigenvalue weighted by Crippen LogP contribution is -2.20. The van der Waals surface area contributed by atoms with Crippen LogP contribution in [0.2, 0.25) is 0 Å². The Hall–Kier alpha value is -1.86. The molecule has 0 saturated carbocycles. The molecular weight excluding hydrogens is 368 g/mol. The maximum Gasteiger partial charge on any atom is 0.261 e. The first-order chi connectivity index (χ1) is 10.3. The van der Waals surface area contributed by atoms with E-state index in [1.54, 1.807) is 37.3 Å². The summed E-state index contributed by atoms with van der Waals surface area (Å²) in [5.41, 5.74) is 1.48. The largest absolute Gasteiger partial charge is 0.355 e. The van der Waals surface area contributed by atoms with E-state index in [0.29, 0.717) is 16.8 Å². The van der Waals surface area contributed by atoms with Crippen molar-refractivity contribution in [2.24, 2.45) is 0 Å². The van der Waals surface area contributed by atoms with Gasteiger partial charge in [-0.3, -0.25) is 9.52 Å². The van der Waals surface area contributed by atoms with Gasteiger partial charge < -0.3 is 5.32 Å². The second kappa shape index (κ2) is 6.50. The van der Waals surface area contributed by atoms with Gasteiger partial charge in [0.1, 0.15) is 0 Å². The van der Waals surface area contributed by atoms with E-state index in [1.807, 2.05) is 0 Å². The summed E-state index contributed by atoms with van der Waals surface area (Å²) in [7, 11) is -2.26. The maximum atomic E-state index is 12.4. The van der Waals surface area contributed by atoms with Crippen LogP contribution in [0.25, 0.3) is 0 Å². The third-order valence-electron chi connectivity index (χ3n) is 3.07. The molecule has 2 N–H and O–H groups in total. The number of rotatable bonds is 4. The topological polar surface area (TPSA) is 75.3 Å². The summed E-state index contributed by atoms with van der Waals surface area (Å²) in [6.07, 6.45) is 0. The molecule has 0 aliphatic rings. The Morgan fingerprint density at radius 3 is 2.50 bits per heavy atom. The summed E-state index contributed by atoms with van der Waals surface area (Å²) in [5.74, 6) is -0.322. The smallest absolute Gasteiger partial charge is 0.261 e. The van der Waals surface area contributed by atoms with Crippen LogP contribution in [0.5, 0.6) is 0 Å². The number of sulfonamides is 1. The first kappa shape index (κ1) is 16.5. The van der Waals surface area contributed by atoms with E-state index < -0.39 is 10.0 Å². The Morgan fingerprint density at radius 1 is 1.14 bits per heavy atom. The van der Waals surface area contributed by atoms with Gasteiger partial charge in [0.05, 0.1) is 4.90 Å². The second-order valence-corrected chi connectivity index (χ2v) is 7.27. The van der Waals surface area contributed by atoms with Crippen molar-refractivity contribution in [3.8, 4) is 0 Å². The van der Waals surface area contributed by atoms with E-state index in [9.17, 15) is 13.2 Å². The molecule has 2 aromatic carbocycles. The number of aryl methyl sites for hydroxylation is 1. The fourth-order valence-corrected chi connectivity index (χ4v) is 3.39. The molecule has 0 aliphatic heterocycles. The number of nitrogens with one attached hydrogen (secondary N) is 2. The lowest BCUT2D eigenvalue weighted by Gasteiger charge is -2.11. The van der Waals surface area contributed by atoms with Crippen molar-refractivity contribution in [1.29, 1.82) is 0 Å². The molecule has 0 atom stereocenters. The highest BCUT2D eigenvalue weighted by Crippen LogP contribution is 2.21. The van der Waals surface area contributed by atoms with E-state index in [0.717, 1.165) is 4.47 Å². The summed E-state index contributed by atoms with van der Waals surface area (Å²) in [6.45, 7) is 1.75. The molecular formula is C15H15BrN2O3S. The predicted molar refractivity (Wildman–Crippen MR) is 89.5 cm³/mol. The van der Waals surface area contributed by atoms with Crippen LogP contribution in [0.15, 0.2) is 51.8 Å². The first-order valence-corrected chi connectivity index (χ1v) is 8.72. The van der Waals surface area contributed by atoms with Crippen molar-refractivity contribution in [1.82, 2.24) is 5.32 Å². The van der Waals surface area contributed by atoms with Gasteiger partial charge in [-0.1, -0.05) is 28.1 Å². The van der Waals surface area contributed by atoms with Crippen LogP contribution in [-0.4, -0.2) is 21.4 Å². The molecule has 0 bridgehead atoms. The van der Waals surface area contributed by atoms with Crippen LogP contribution in [0.1, 0.15) is 15.9 Å². The molecule has 2 aromatic rings. The summed E-state index contributed by atoms with van der Waals surface area (Å²) in [6, 6.07) is 11.3.